The molecule has 0 atom stereocenters. The summed E-state index contributed by atoms with van der Waals surface area (Å²) in [6.07, 6.45) is 11.0. The highest BCUT2D eigenvalue weighted by atomic mass is 16.1. The fourth-order valence-electron chi connectivity index (χ4n) is 4.00. The number of hydrogen-bond donors (Lipinski definition) is 2. The molecule has 9 heteroatoms. The quantitative estimate of drug-likeness (QED) is 0.695. The van der Waals surface area contributed by atoms with Crippen LogP contribution in [-0.2, 0) is 4.79 Å². The minimum absolute atomic E-state index is 0.0836. The molecule has 3 aromatic rings. The molecule has 0 spiro atoms. The third-order valence-corrected chi connectivity index (χ3v) is 5.48. The number of fused-ring (bicyclic) bond motifs is 1. The van der Waals surface area contributed by atoms with E-state index < -0.39 is 5.91 Å². The summed E-state index contributed by atoms with van der Waals surface area (Å²) in [6.45, 7) is 0. The number of hydrogen-bond acceptors (Lipinski definition) is 5. The van der Waals surface area contributed by atoms with Crippen molar-refractivity contribution in [3.63, 3.8) is 0 Å². The lowest BCUT2D eigenvalue weighted by molar-refractivity contribution is -0.121. The fourth-order valence-corrected chi connectivity index (χ4v) is 4.00. The lowest BCUT2D eigenvalue weighted by atomic mass is 9.84. The maximum absolute atomic E-state index is 12.1. The molecule has 3 N–H and O–H groups in total. The van der Waals surface area contributed by atoms with Gasteiger partial charge in [-0.15, -0.1) is 0 Å². The normalized spacial score (nSPS) is 19.6. The van der Waals surface area contributed by atoms with Crippen molar-refractivity contribution in [3.05, 3.63) is 36.7 Å². The van der Waals surface area contributed by atoms with Crippen LogP contribution in [0.1, 0.15) is 48.6 Å². The number of carbonyl (C=O) groups is 2. The van der Waals surface area contributed by atoms with E-state index in [4.69, 9.17) is 5.73 Å². The second kappa shape index (κ2) is 7.41. The van der Waals surface area contributed by atoms with Crippen molar-refractivity contribution >= 4 is 22.7 Å². The molecule has 0 aliphatic heterocycles. The van der Waals surface area contributed by atoms with E-state index in [1.165, 1.54) is 0 Å². The molecule has 146 valence electrons. The Kier molecular flexibility index (Phi) is 4.81. The highest BCUT2D eigenvalue weighted by Gasteiger charge is 2.27. The maximum Gasteiger partial charge on any atom is 0.269 e. The minimum atomic E-state index is -0.581. The van der Waals surface area contributed by atoms with Crippen LogP contribution in [0, 0.1) is 5.92 Å². The molecule has 1 saturated carbocycles. The molecule has 28 heavy (non-hydrogen) atoms. The van der Waals surface area contributed by atoms with Gasteiger partial charge < -0.3 is 11.1 Å². The van der Waals surface area contributed by atoms with Gasteiger partial charge in [0.2, 0.25) is 5.91 Å². The van der Waals surface area contributed by atoms with E-state index in [-0.39, 0.29) is 17.6 Å². The van der Waals surface area contributed by atoms with Gasteiger partial charge in [-0.05, 0) is 37.7 Å². The predicted octanol–water partition coefficient (Wildman–Crippen LogP) is 1.58. The zero-order valence-corrected chi connectivity index (χ0v) is 15.7. The SMILES string of the molecule is CNC(=O)CC1CCC(n2ncc3cc(-n4ccnc4)nc(C(N)=O)c32)CC1. The van der Waals surface area contributed by atoms with Crippen molar-refractivity contribution in [1.29, 1.82) is 0 Å². The van der Waals surface area contributed by atoms with Crippen molar-refractivity contribution < 1.29 is 9.59 Å². The van der Waals surface area contributed by atoms with Gasteiger partial charge in [0.05, 0.1) is 12.2 Å². The Labute approximate surface area is 161 Å². The van der Waals surface area contributed by atoms with Gasteiger partial charge in [0.1, 0.15) is 17.7 Å². The van der Waals surface area contributed by atoms with Crippen LogP contribution in [0.15, 0.2) is 31.0 Å². The molecule has 3 heterocycles. The van der Waals surface area contributed by atoms with Crippen LogP contribution < -0.4 is 11.1 Å². The van der Waals surface area contributed by atoms with Crippen LogP contribution in [0.5, 0.6) is 0 Å². The summed E-state index contributed by atoms with van der Waals surface area (Å²) in [7, 11) is 1.67. The van der Waals surface area contributed by atoms with Crippen molar-refractivity contribution in [2.75, 3.05) is 7.05 Å². The van der Waals surface area contributed by atoms with Crippen molar-refractivity contribution in [2.24, 2.45) is 11.7 Å². The largest absolute Gasteiger partial charge is 0.364 e. The number of pyridine rings is 1. The molecule has 1 fully saturated rings. The lowest BCUT2D eigenvalue weighted by Gasteiger charge is -2.29. The molecule has 1 aliphatic rings. The Morgan fingerprint density at radius 3 is 2.71 bits per heavy atom. The molecular weight excluding hydrogens is 358 g/mol. The number of nitrogens with two attached hydrogens (primary N) is 1. The minimum Gasteiger partial charge on any atom is -0.364 e. The van der Waals surface area contributed by atoms with Crippen LogP contribution in [-0.4, -0.2) is 43.2 Å². The average Bonchev–Trinajstić information content (AvgIpc) is 3.37. The molecule has 4 rings (SSSR count). The van der Waals surface area contributed by atoms with Gasteiger partial charge in [0, 0.05) is 31.2 Å². The summed E-state index contributed by atoms with van der Waals surface area (Å²) >= 11 is 0. The number of amides is 2. The van der Waals surface area contributed by atoms with E-state index in [2.05, 4.69) is 20.4 Å². The van der Waals surface area contributed by atoms with E-state index in [0.717, 1.165) is 31.1 Å². The zero-order chi connectivity index (χ0) is 19.7. The molecular formula is C19H23N7O2. The molecule has 0 saturated heterocycles. The van der Waals surface area contributed by atoms with Gasteiger partial charge in [-0.25, -0.2) is 9.97 Å². The van der Waals surface area contributed by atoms with Crippen LogP contribution >= 0.6 is 0 Å². The number of primary amides is 1. The van der Waals surface area contributed by atoms with Gasteiger partial charge in [-0.1, -0.05) is 0 Å². The summed E-state index contributed by atoms with van der Waals surface area (Å²) in [5.41, 5.74) is 6.53. The molecule has 9 nitrogen and oxygen atoms in total. The van der Waals surface area contributed by atoms with Gasteiger partial charge in [-0.2, -0.15) is 5.10 Å². The Morgan fingerprint density at radius 2 is 2.07 bits per heavy atom. The number of nitrogens with zero attached hydrogens (tertiary/aromatic N) is 5. The first kappa shape index (κ1) is 18.1. The van der Waals surface area contributed by atoms with E-state index in [9.17, 15) is 9.59 Å². The predicted molar refractivity (Wildman–Crippen MR) is 103 cm³/mol. The van der Waals surface area contributed by atoms with E-state index in [1.807, 2.05) is 10.7 Å². The number of rotatable bonds is 5. The van der Waals surface area contributed by atoms with Gasteiger partial charge in [-0.3, -0.25) is 18.8 Å². The summed E-state index contributed by atoms with van der Waals surface area (Å²) < 4.78 is 3.61. The average molecular weight is 381 g/mol. The van der Waals surface area contributed by atoms with Gasteiger partial charge in [0.15, 0.2) is 5.69 Å². The Hall–Kier alpha value is -3.23. The second-order valence-corrected chi connectivity index (χ2v) is 7.24. The highest BCUT2D eigenvalue weighted by molar-refractivity contribution is 6.03. The first-order valence-electron chi connectivity index (χ1n) is 9.43. The van der Waals surface area contributed by atoms with Crippen molar-refractivity contribution in [2.45, 2.75) is 38.1 Å². The molecule has 0 unspecified atom stereocenters. The first-order chi connectivity index (χ1) is 13.6. The van der Waals surface area contributed by atoms with Crippen molar-refractivity contribution in [3.8, 4) is 5.82 Å². The topological polar surface area (TPSA) is 121 Å². The molecule has 0 aromatic carbocycles. The molecule has 3 aromatic heterocycles. The summed E-state index contributed by atoms with van der Waals surface area (Å²) in [5.74, 6) is 0.467. The Balaban J connectivity index is 1.64. The number of imidazole rings is 1. The Morgan fingerprint density at radius 1 is 1.29 bits per heavy atom. The number of nitrogens with one attached hydrogen (secondary N) is 1. The van der Waals surface area contributed by atoms with Crippen LogP contribution in [0.2, 0.25) is 0 Å². The summed E-state index contributed by atoms with van der Waals surface area (Å²) in [6, 6.07) is 2.04. The lowest BCUT2D eigenvalue weighted by Crippen LogP contribution is -2.26. The molecule has 0 bridgehead atoms. The van der Waals surface area contributed by atoms with E-state index in [0.29, 0.717) is 23.7 Å². The standard InChI is InChI=1S/C19H23N7O2/c1-21-16(27)8-12-2-4-14(5-3-12)26-18-13(10-23-26)9-15(24-17(18)19(20)28)25-7-6-22-11-25/h6-7,9-12,14H,2-5,8H2,1H3,(H2,20,28)(H,21,27). The smallest absolute Gasteiger partial charge is 0.269 e. The number of aromatic nitrogens is 5. The van der Waals surface area contributed by atoms with Gasteiger partial charge in [0.25, 0.3) is 5.91 Å². The second-order valence-electron chi connectivity index (χ2n) is 7.24. The maximum atomic E-state index is 12.1. The third kappa shape index (κ3) is 3.35. The van der Waals surface area contributed by atoms with Crippen LogP contribution in [0.3, 0.4) is 0 Å². The fraction of sp³-hybridized carbons (Fsp3) is 0.421. The van der Waals surface area contributed by atoms with E-state index in [1.54, 1.807) is 36.5 Å². The molecule has 1 aliphatic carbocycles. The monoisotopic (exact) mass is 381 g/mol. The zero-order valence-electron chi connectivity index (χ0n) is 15.7. The highest BCUT2D eigenvalue weighted by Crippen LogP contribution is 2.35. The van der Waals surface area contributed by atoms with E-state index >= 15 is 0 Å². The third-order valence-electron chi connectivity index (χ3n) is 5.48. The number of carbonyl (C=O) groups excluding carboxylic acids is 2. The molecule has 0 radical (unpaired) electrons. The summed E-state index contributed by atoms with van der Waals surface area (Å²) in [5, 5.41) is 8.06. The summed E-state index contributed by atoms with van der Waals surface area (Å²) in [4.78, 5) is 32.2. The first-order valence-corrected chi connectivity index (χ1v) is 9.43. The van der Waals surface area contributed by atoms with Crippen molar-refractivity contribution in [1.82, 2.24) is 29.6 Å². The molecule has 2 amide bonds. The van der Waals surface area contributed by atoms with Crippen LogP contribution in [0.25, 0.3) is 16.7 Å². The Bertz CT molecular complexity index is 1000. The van der Waals surface area contributed by atoms with Crippen LogP contribution in [0.4, 0.5) is 0 Å². The van der Waals surface area contributed by atoms with Gasteiger partial charge >= 0.3 is 0 Å².